The largest absolute Gasteiger partial charge is 0.394 e. The number of hydrogen-bond acceptors (Lipinski definition) is 8. The Balaban J connectivity index is 1.99. The minimum absolute atomic E-state index is 0.236. The van der Waals surface area contributed by atoms with E-state index in [4.69, 9.17) is 10.5 Å². The van der Waals surface area contributed by atoms with Crippen molar-refractivity contribution in [3.8, 4) is 0 Å². The number of anilines is 1. The van der Waals surface area contributed by atoms with Crippen LogP contribution in [0.2, 0.25) is 0 Å². The van der Waals surface area contributed by atoms with Gasteiger partial charge < -0.3 is 20.7 Å². The normalized spacial score (nSPS) is 24.4. The third-order valence-corrected chi connectivity index (χ3v) is 4.70. The molecule has 24 heavy (non-hydrogen) atoms. The smallest absolute Gasteiger partial charge is 0.176 e. The van der Waals surface area contributed by atoms with Crippen LogP contribution in [0.15, 0.2) is 23.0 Å². The van der Waals surface area contributed by atoms with Gasteiger partial charge in [-0.15, -0.1) is 0 Å². The molecule has 0 saturated carbocycles. The van der Waals surface area contributed by atoms with Crippen molar-refractivity contribution in [3.05, 3.63) is 17.8 Å². The highest BCUT2D eigenvalue weighted by molar-refractivity contribution is 8.02. The number of aliphatic hydroxyl groups excluding tert-OH is 2. The summed E-state index contributed by atoms with van der Waals surface area (Å²) in [7, 11) is 0. The highest BCUT2D eigenvalue weighted by Crippen LogP contribution is 2.36. The van der Waals surface area contributed by atoms with Crippen LogP contribution in [0.1, 0.15) is 32.4 Å². The van der Waals surface area contributed by atoms with E-state index < -0.39 is 18.4 Å². The maximum atomic E-state index is 10.0. The van der Waals surface area contributed by atoms with Gasteiger partial charge in [0.05, 0.1) is 12.7 Å². The SMILES string of the molecule is CCCC=CSc1nc2c(N)ncnc2n1[C@H]1C[C@H](O)[C@@H](CO)O1. The zero-order valence-electron chi connectivity index (χ0n) is 13.4. The summed E-state index contributed by atoms with van der Waals surface area (Å²) in [6.45, 7) is 1.88. The standard InChI is InChI=1S/C15H21N5O3S/c1-2-3-4-5-24-15-19-12-13(16)17-8-18-14(12)20(15)11-6-9(22)10(7-21)23-11/h4-5,8-11,21-22H,2-3,6-7H2,1H3,(H2,16,17,18)/t9-,10+,11+/m0/s1. The van der Waals surface area contributed by atoms with Gasteiger partial charge in [0.1, 0.15) is 18.7 Å². The Morgan fingerprint density at radius 3 is 3.04 bits per heavy atom. The Labute approximate surface area is 143 Å². The molecule has 0 aromatic carbocycles. The van der Waals surface area contributed by atoms with Gasteiger partial charge in [-0.05, 0) is 11.8 Å². The van der Waals surface area contributed by atoms with Crippen molar-refractivity contribution in [1.82, 2.24) is 19.5 Å². The Kier molecular flexibility index (Phi) is 5.34. The van der Waals surface area contributed by atoms with Crippen LogP contribution < -0.4 is 5.73 Å². The Morgan fingerprint density at radius 1 is 1.50 bits per heavy atom. The monoisotopic (exact) mass is 351 g/mol. The van der Waals surface area contributed by atoms with E-state index in [0.717, 1.165) is 12.8 Å². The molecule has 3 heterocycles. The van der Waals surface area contributed by atoms with Crippen molar-refractivity contribution in [3.63, 3.8) is 0 Å². The number of nitrogens with zero attached hydrogens (tertiary/aromatic N) is 4. The maximum absolute atomic E-state index is 10.0. The number of unbranched alkanes of at least 4 members (excludes halogenated alkanes) is 1. The summed E-state index contributed by atoms with van der Waals surface area (Å²) in [4.78, 5) is 12.8. The van der Waals surface area contributed by atoms with E-state index in [-0.39, 0.29) is 6.61 Å². The first kappa shape index (κ1) is 17.2. The second-order valence-electron chi connectivity index (χ2n) is 5.59. The molecule has 0 bridgehead atoms. The number of nitrogen functional groups attached to an aromatic ring is 1. The Morgan fingerprint density at radius 2 is 2.33 bits per heavy atom. The fourth-order valence-corrected chi connectivity index (χ4v) is 3.45. The van der Waals surface area contributed by atoms with E-state index in [0.29, 0.717) is 28.6 Å². The summed E-state index contributed by atoms with van der Waals surface area (Å²) in [5.74, 6) is 0.301. The van der Waals surface area contributed by atoms with Crippen molar-refractivity contribution < 1.29 is 14.9 Å². The lowest BCUT2D eigenvalue weighted by atomic mass is 10.2. The number of aliphatic hydroxyl groups is 2. The number of hydrogen-bond donors (Lipinski definition) is 3. The minimum Gasteiger partial charge on any atom is -0.394 e. The summed E-state index contributed by atoms with van der Waals surface area (Å²) in [6, 6.07) is 0. The third kappa shape index (κ3) is 3.25. The molecular weight excluding hydrogens is 330 g/mol. The lowest BCUT2D eigenvalue weighted by molar-refractivity contribution is -0.0457. The van der Waals surface area contributed by atoms with Crippen LogP contribution in [0.3, 0.4) is 0 Å². The lowest BCUT2D eigenvalue weighted by Gasteiger charge is -2.15. The zero-order chi connectivity index (χ0) is 17.1. The predicted molar refractivity (Wildman–Crippen MR) is 91.3 cm³/mol. The first-order valence-electron chi connectivity index (χ1n) is 7.90. The zero-order valence-corrected chi connectivity index (χ0v) is 14.2. The second kappa shape index (κ2) is 7.47. The van der Waals surface area contributed by atoms with Crippen LogP contribution in [0.25, 0.3) is 11.2 Å². The molecule has 0 amide bonds. The average molecular weight is 351 g/mol. The molecule has 2 aromatic heterocycles. The summed E-state index contributed by atoms with van der Waals surface area (Å²) in [5.41, 5.74) is 6.98. The second-order valence-corrected chi connectivity index (χ2v) is 6.46. The third-order valence-electron chi connectivity index (χ3n) is 3.87. The van der Waals surface area contributed by atoms with Crippen LogP contribution in [0.5, 0.6) is 0 Å². The van der Waals surface area contributed by atoms with Gasteiger partial charge in [0.25, 0.3) is 0 Å². The molecule has 3 atom stereocenters. The highest BCUT2D eigenvalue weighted by Gasteiger charge is 2.36. The molecule has 1 aliphatic heterocycles. The molecule has 9 heteroatoms. The van der Waals surface area contributed by atoms with Crippen LogP contribution in [0.4, 0.5) is 5.82 Å². The van der Waals surface area contributed by atoms with Crippen molar-refractivity contribution >= 4 is 28.7 Å². The summed E-state index contributed by atoms with van der Waals surface area (Å²) < 4.78 is 7.58. The summed E-state index contributed by atoms with van der Waals surface area (Å²) in [5, 5.41) is 22.0. The van der Waals surface area contributed by atoms with E-state index >= 15 is 0 Å². The van der Waals surface area contributed by atoms with E-state index in [2.05, 4.69) is 28.0 Å². The molecule has 3 rings (SSSR count). The number of ether oxygens (including phenoxy) is 1. The fraction of sp³-hybridized carbons (Fsp3) is 0.533. The van der Waals surface area contributed by atoms with Crippen LogP contribution >= 0.6 is 11.8 Å². The van der Waals surface area contributed by atoms with Crippen molar-refractivity contribution in [1.29, 1.82) is 0 Å². The molecule has 0 radical (unpaired) electrons. The van der Waals surface area contributed by atoms with E-state index in [1.165, 1.54) is 18.1 Å². The first-order valence-corrected chi connectivity index (χ1v) is 8.78. The number of imidazole rings is 1. The van der Waals surface area contributed by atoms with Gasteiger partial charge in [0, 0.05) is 6.42 Å². The van der Waals surface area contributed by atoms with Gasteiger partial charge >= 0.3 is 0 Å². The maximum Gasteiger partial charge on any atom is 0.176 e. The quantitative estimate of drug-likeness (QED) is 0.669. The first-order chi connectivity index (χ1) is 11.7. The van der Waals surface area contributed by atoms with Crippen molar-refractivity contribution in [2.75, 3.05) is 12.3 Å². The molecule has 130 valence electrons. The molecule has 4 N–H and O–H groups in total. The van der Waals surface area contributed by atoms with E-state index in [9.17, 15) is 10.2 Å². The van der Waals surface area contributed by atoms with Crippen LogP contribution in [0, 0.1) is 0 Å². The number of rotatable bonds is 6. The van der Waals surface area contributed by atoms with E-state index in [1.54, 1.807) is 0 Å². The van der Waals surface area contributed by atoms with E-state index in [1.807, 2.05) is 9.98 Å². The van der Waals surface area contributed by atoms with Gasteiger partial charge in [0.15, 0.2) is 22.1 Å². The lowest BCUT2D eigenvalue weighted by Crippen LogP contribution is -2.24. The average Bonchev–Trinajstić information content (AvgIpc) is 3.12. The fourth-order valence-electron chi connectivity index (χ4n) is 2.63. The molecule has 8 nitrogen and oxygen atoms in total. The van der Waals surface area contributed by atoms with Crippen molar-refractivity contribution in [2.45, 2.75) is 49.8 Å². The van der Waals surface area contributed by atoms with Crippen LogP contribution in [-0.4, -0.2) is 48.5 Å². The number of aromatic nitrogens is 4. The van der Waals surface area contributed by atoms with Gasteiger partial charge in [-0.2, -0.15) is 0 Å². The summed E-state index contributed by atoms with van der Waals surface area (Å²) >= 11 is 1.44. The highest BCUT2D eigenvalue weighted by atomic mass is 32.2. The predicted octanol–water partition coefficient (Wildman–Crippen LogP) is 1.46. The van der Waals surface area contributed by atoms with Gasteiger partial charge in [-0.3, -0.25) is 4.57 Å². The van der Waals surface area contributed by atoms with Gasteiger partial charge in [0.2, 0.25) is 0 Å². The Bertz CT molecular complexity index is 735. The molecule has 1 fully saturated rings. The number of fused-ring (bicyclic) bond motifs is 1. The van der Waals surface area contributed by atoms with Crippen molar-refractivity contribution in [2.24, 2.45) is 0 Å². The molecule has 0 spiro atoms. The molecule has 0 aliphatic carbocycles. The molecule has 0 unspecified atom stereocenters. The molecule has 2 aromatic rings. The van der Waals surface area contributed by atoms with Crippen LogP contribution in [-0.2, 0) is 4.74 Å². The van der Waals surface area contributed by atoms with Gasteiger partial charge in [-0.1, -0.05) is 31.2 Å². The molecule has 1 aliphatic rings. The number of allylic oxidation sites excluding steroid dienone is 1. The number of thioether (sulfide) groups is 1. The molecule has 1 saturated heterocycles. The van der Waals surface area contributed by atoms with Gasteiger partial charge in [-0.25, -0.2) is 15.0 Å². The Hall–Kier alpha value is -1.68. The summed E-state index contributed by atoms with van der Waals surface area (Å²) in [6.07, 6.45) is 4.06. The minimum atomic E-state index is -0.731. The molecular formula is C15H21N5O3S. The topological polar surface area (TPSA) is 119 Å². The number of nitrogens with two attached hydrogens (primary N) is 1.